The van der Waals surface area contributed by atoms with Gasteiger partial charge in [-0.1, -0.05) is 35.5 Å². The first kappa shape index (κ1) is 19.7. The van der Waals surface area contributed by atoms with E-state index in [-0.39, 0.29) is 6.04 Å². The van der Waals surface area contributed by atoms with Gasteiger partial charge in [0.15, 0.2) is 5.82 Å². The summed E-state index contributed by atoms with van der Waals surface area (Å²) in [5.41, 5.74) is 1.14. The third-order valence-electron chi connectivity index (χ3n) is 5.33. The quantitative estimate of drug-likeness (QED) is 0.605. The molecule has 0 radical (unpaired) electrons. The average molecular weight is 402 g/mol. The highest BCUT2D eigenvalue weighted by Crippen LogP contribution is 2.22. The minimum atomic E-state index is -2.56. The van der Waals surface area contributed by atoms with Gasteiger partial charge >= 0.3 is 6.55 Å². The number of nitrogens with zero attached hydrogens (tertiary/aromatic N) is 6. The van der Waals surface area contributed by atoms with Crippen LogP contribution < -0.4 is 0 Å². The van der Waals surface area contributed by atoms with Crippen LogP contribution in [0.2, 0.25) is 0 Å². The van der Waals surface area contributed by atoms with Crippen LogP contribution in [0.15, 0.2) is 47.2 Å². The molecule has 9 heteroatoms. The molecule has 0 aliphatic carbocycles. The second-order valence-electron chi connectivity index (χ2n) is 7.23. The highest BCUT2D eigenvalue weighted by Gasteiger charge is 2.26. The molecule has 7 nitrogen and oxygen atoms in total. The highest BCUT2D eigenvalue weighted by atomic mass is 19.3. The predicted octanol–water partition coefficient (Wildman–Crippen LogP) is 3.13. The van der Waals surface area contributed by atoms with E-state index in [0.717, 1.165) is 36.3 Å². The van der Waals surface area contributed by atoms with Crippen molar-refractivity contribution < 1.29 is 13.3 Å². The van der Waals surface area contributed by atoms with Crippen LogP contribution in [-0.4, -0.2) is 55.7 Å². The van der Waals surface area contributed by atoms with Crippen molar-refractivity contribution in [3.8, 4) is 0 Å². The van der Waals surface area contributed by atoms with Gasteiger partial charge < -0.3 is 4.52 Å². The third kappa shape index (κ3) is 4.68. The molecule has 2 aromatic heterocycles. The molecular weight excluding hydrogens is 378 g/mol. The minimum Gasteiger partial charge on any atom is -0.338 e. The van der Waals surface area contributed by atoms with Crippen LogP contribution in [0, 0.1) is 0 Å². The molecule has 1 aliphatic rings. The number of benzene rings is 1. The van der Waals surface area contributed by atoms with Gasteiger partial charge in [-0.3, -0.25) is 14.4 Å². The number of aromatic nitrogens is 4. The molecule has 1 fully saturated rings. The van der Waals surface area contributed by atoms with Gasteiger partial charge in [-0.2, -0.15) is 13.8 Å². The lowest BCUT2D eigenvalue weighted by molar-refractivity contribution is 0.0560. The summed E-state index contributed by atoms with van der Waals surface area (Å²) in [6.07, 6.45) is 3.38. The van der Waals surface area contributed by atoms with E-state index in [9.17, 15) is 8.78 Å². The standard InChI is InChI=1S/C20H24F2N6O/c1-15(19-24-17(25-29-19)13-16-5-3-2-4-6-16)27-11-9-26(10-12-27)14-18-23-7-8-28(18)20(21)22/h2-8,15,20H,9-14H2,1H3. The summed E-state index contributed by atoms with van der Waals surface area (Å²) < 4.78 is 32.4. The number of halogens is 2. The van der Waals surface area contributed by atoms with Crippen molar-refractivity contribution in [1.82, 2.24) is 29.5 Å². The molecule has 1 atom stereocenters. The van der Waals surface area contributed by atoms with Crippen molar-refractivity contribution in [3.63, 3.8) is 0 Å². The molecule has 0 spiro atoms. The second-order valence-corrected chi connectivity index (χ2v) is 7.23. The summed E-state index contributed by atoms with van der Waals surface area (Å²) in [6, 6.07) is 10.1. The number of hydrogen-bond acceptors (Lipinski definition) is 6. The Morgan fingerprint density at radius 3 is 2.59 bits per heavy atom. The zero-order valence-corrected chi connectivity index (χ0v) is 16.3. The Bertz CT molecular complexity index is 905. The van der Waals surface area contributed by atoms with Crippen molar-refractivity contribution in [2.45, 2.75) is 32.5 Å². The van der Waals surface area contributed by atoms with E-state index in [4.69, 9.17) is 4.52 Å². The van der Waals surface area contributed by atoms with Gasteiger partial charge in [-0.15, -0.1) is 0 Å². The third-order valence-corrected chi connectivity index (χ3v) is 5.33. The van der Waals surface area contributed by atoms with Gasteiger partial charge in [0.25, 0.3) is 0 Å². The topological polar surface area (TPSA) is 63.2 Å². The fraction of sp³-hybridized carbons (Fsp3) is 0.450. The van der Waals surface area contributed by atoms with Crippen LogP contribution in [0.3, 0.4) is 0 Å². The van der Waals surface area contributed by atoms with E-state index in [0.29, 0.717) is 30.5 Å². The Morgan fingerprint density at radius 1 is 1.10 bits per heavy atom. The fourth-order valence-corrected chi connectivity index (χ4v) is 3.60. The van der Waals surface area contributed by atoms with Crippen molar-refractivity contribution >= 4 is 0 Å². The van der Waals surface area contributed by atoms with Gasteiger partial charge in [-0.25, -0.2) is 4.98 Å². The summed E-state index contributed by atoms with van der Waals surface area (Å²) in [5, 5.41) is 4.11. The zero-order chi connectivity index (χ0) is 20.2. The number of rotatable bonds is 7. The summed E-state index contributed by atoms with van der Waals surface area (Å²) in [4.78, 5) is 13.0. The van der Waals surface area contributed by atoms with Crippen molar-refractivity contribution in [2.75, 3.05) is 26.2 Å². The molecular formula is C20H24F2N6O. The van der Waals surface area contributed by atoms with Crippen LogP contribution >= 0.6 is 0 Å². The van der Waals surface area contributed by atoms with Crippen molar-refractivity contribution in [2.24, 2.45) is 0 Å². The lowest BCUT2D eigenvalue weighted by atomic mass is 10.1. The van der Waals surface area contributed by atoms with Crippen LogP contribution in [-0.2, 0) is 13.0 Å². The van der Waals surface area contributed by atoms with Crippen molar-refractivity contribution in [3.05, 3.63) is 65.8 Å². The fourth-order valence-electron chi connectivity index (χ4n) is 3.60. The van der Waals surface area contributed by atoms with Gasteiger partial charge in [0, 0.05) is 45.0 Å². The van der Waals surface area contributed by atoms with E-state index >= 15 is 0 Å². The monoisotopic (exact) mass is 402 g/mol. The number of piperazine rings is 1. The summed E-state index contributed by atoms with van der Waals surface area (Å²) in [5.74, 6) is 1.68. The van der Waals surface area contributed by atoms with E-state index in [1.165, 1.54) is 12.4 Å². The Kier molecular flexibility index (Phi) is 5.96. The lowest BCUT2D eigenvalue weighted by Gasteiger charge is -2.36. The van der Waals surface area contributed by atoms with E-state index < -0.39 is 6.55 Å². The molecule has 0 bridgehead atoms. The summed E-state index contributed by atoms with van der Waals surface area (Å²) in [6.45, 7) is 3.05. The summed E-state index contributed by atoms with van der Waals surface area (Å²) >= 11 is 0. The molecule has 0 saturated carbocycles. The smallest absolute Gasteiger partial charge is 0.319 e. The van der Waals surface area contributed by atoms with Gasteiger partial charge in [0.2, 0.25) is 5.89 Å². The molecule has 0 N–H and O–H groups in total. The van der Waals surface area contributed by atoms with Gasteiger partial charge in [0.1, 0.15) is 5.82 Å². The minimum absolute atomic E-state index is 0.0113. The molecule has 4 rings (SSSR count). The molecule has 29 heavy (non-hydrogen) atoms. The second kappa shape index (κ2) is 8.79. The Hall–Kier alpha value is -2.65. The van der Waals surface area contributed by atoms with Crippen LogP contribution in [0.5, 0.6) is 0 Å². The van der Waals surface area contributed by atoms with Crippen LogP contribution in [0.4, 0.5) is 8.78 Å². The molecule has 3 aromatic rings. The maximum absolute atomic E-state index is 13.0. The Balaban J connectivity index is 1.31. The number of hydrogen-bond donors (Lipinski definition) is 0. The number of alkyl halides is 2. The van der Waals surface area contributed by atoms with E-state index in [1.807, 2.05) is 30.3 Å². The molecule has 154 valence electrons. The number of imidazole rings is 1. The normalized spacial score (nSPS) is 17.1. The molecule has 3 heterocycles. The first-order chi connectivity index (χ1) is 14.1. The first-order valence-corrected chi connectivity index (χ1v) is 9.73. The van der Waals surface area contributed by atoms with Crippen LogP contribution in [0.25, 0.3) is 0 Å². The molecule has 1 unspecified atom stereocenters. The average Bonchev–Trinajstić information content (AvgIpc) is 3.38. The first-order valence-electron chi connectivity index (χ1n) is 9.73. The van der Waals surface area contributed by atoms with Gasteiger partial charge in [0.05, 0.1) is 12.6 Å². The lowest BCUT2D eigenvalue weighted by Crippen LogP contribution is -2.47. The van der Waals surface area contributed by atoms with Gasteiger partial charge in [-0.05, 0) is 12.5 Å². The SMILES string of the molecule is CC(c1nc(Cc2ccccc2)no1)N1CCN(Cc2nccn2C(F)F)CC1. The van der Waals surface area contributed by atoms with Crippen LogP contribution in [0.1, 0.15) is 42.6 Å². The molecule has 1 aromatic carbocycles. The Labute approximate surface area is 167 Å². The predicted molar refractivity (Wildman–Crippen MR) is 102 cm³/mol. The zero-order valence-electron chi connectivity index (χ0n) is 16.3. The maximum Gasteiger partial charge on any atom is 0.319 e. The molecule has 1 aliphatic heterocycles. The maximum atomic E-state index is 13.0. The molecule has 1 saturated heterocycles. The largest absolute Gasteiger partial charge is 0.338 e. The Morgan fingerprint density at radius 2 is 1.86 bits per heavy atom. The van der Waals surface area contributed by atoms with E-state index in [1.54, 1.807) is 0 Å². The van der Waals surface area contributed by atoms with Crippen molar-refractivity contribution in [1.29, 1.82) is 0 Å². The highest BCUT2D eigenvalue weighted by molar-refractivity contribution is 5.18. The molecule has 0 amide bonds. The summed E-state index contributed by atoms with van der Waals surface area (Å²) in [7, 11) is 0. The van der Waals surface area contributed by atoms with E-state index in [2.05, 4.69) is 31.8 Å².